The molecule has 1 aromatic rings. The molecule has 15 heteroatoms. The van der Waals surface area contributed by atoms with Crippen molar-refractivity contribution >= 4 is 109 Å². The van der Waals surface area contributed by atoms with Gasteiger partial charge in [0, 0.05) is 40.4 Å². The van der Waals surface area contributed by atoms with Crippen LogP contribution in [-0.2, 0) is 49.5 Å². The van der Waals surface area contributed by atoms with Crippen molar-refractivity contribution in [1.29, 1.82) is 0 Å². The first kappa shape index (κ1) is 32.3. The number of rotatable bonds is 11. The van der Waals surface area contributed by atoms with Gasteiger partial charge in [-0.05, 0) is 67.8 Å². The molecule has 0 aliphatic carbocycles. The van der Waals surface area contributed by atoms with Crippen LogP contribution in [0.5, 0.6) is 0 Å². The molecule has 0 fully saturated rings. The highest BCUT2D eigenvalue weighted by molar-refractivity contribution is 14.1. The van der Waals surface area contributed by atoms with Crippen LogP contribution in [0.4, 0.5) is 5.69 Å². The number of nitrogens with one attached hydrogen (secondary N) is 2. The second kappa shape index (κ2) is 15.5. The molecule has 0 spiro atoms. The van der Waals surface area contributed by atoms with Crippen molar-refractivity contribution < 1.29 is 47.7 Å². The van der Waals surface area contributed by atoms with Crippen LogP contribution >= 0.6 is 67.8 Å². The lowest BCUT2D eigenvalue weighted by Gasteiger charge is -2.21. The number of hydrogen-bond donors (Lipinski definition) is 2. The summed E-state index contributed by atoms with van der Waals surface area (Å²) in [7, 11) is 0. The predicted octanol–water partition coefficient (Wildman–Crippen LogP) is 2.29. The Labute approximate surface area is 247 Å². The first-order chi connectivity index (χ1) is 16.7. The third-order valence-corrected chi connectivity index (χ3v) is 7.48. The average molecular weight is 844 g/mol. The molecule has 0 saturated carbocycles. The molecule has 198 valence electrons. The third kappa shape index (κ3) is 10.7. The third-order valence-electron chi connectivity index (χ3n) is 4.02. The Bertz CT molecular complexity index is 1060. The van der Waals surface area contributed by atoms with Gasteiger partial charge in [-0.2, -0.15) is 0 Å². The van der Waals surface area contributed by atoms with Gasteiger partial charge >= 0.3 is 23.9 Å². The Kier molecular flexibility index (Phi) is 13.9. The van der Waals surface area contributed by atoms with Gasteiger partial charge in [0.2, 0.25) is 0 Å². The number of carbonyl (C=O) groups excluding carboxylic acids is 6. The van der Waals surface area contributed by atoms with E-state index < -0.39 is 48.4 Å². The largest absolute Gasteiger partial charge is 0.462 e. The van der Waals surface area contributed by atoms with Crippen LogP contribution in [0.2, 0.25) is 0 Å². The molecule has 2 amide bonds. The summed E-state index contributed by atoms with van der Waals surface area (Å²) in [6.07, 6.45) is -0.932. The molecular formula is C21H23I3N2O10. The van der Waals surface area contributed by atoms with Crippen LogP contribution in [0.25, 0.3) is 0 Å². The fraction of sp³-hybridized carbons (Fsp3) is 0.429. The SMILES string of the molecule is CC(=O)OCC(=O)Nc1c(I)c(COC(C)=O)c(I)c(C(=O)NCC(COC(C)=O)OC(C)=O)c1I. The Morgan fingerprint density at radius 2 is 1.36 bits per heavy atom. The summed E-state index contributed by atoms with van der Waals surface area (Å²) in [4.78, 5) is 70.5. The molecule has 0 aromatic heterocycles. The smallest absolute Gasteiger partial charge is 0.303 e. The molecule has 0 bridgehead atoms. The lowest BCUT2D eigenvalue weighted by Crippen LogP contribution is -2.38. The van der Waals surface area contributed by atoms with Gasteiger partial charge in [-0.15, -0.1) is 0 Å². The maximum absolute atomic E-state index is 13.2. The lowest BCUT2D eigenvalue weighted by molar-refractivity contribution is -0.155. The van der Waals surface area contributed by atoms with Gasteiger partial charge in [-0.25, -0.2) is 0 Å². The molecule has 36 heavy (non-hydrogen) atoms. The standard InChI is InChI=1S/C21H23I3N2O10/c1-9(27)33-6-13(36-12(4)30)5-25-21(32)16-17(22)14(7-34-10(2)28)18(23)20(19(16)24)26-15(31)8-35-11(3)29/h13H,5-8H2,1-4H3,(H,25,32)(H,26,31). The molecule has 2 N–H and O–H groups in total. The van der Waals surface area contributed by atoms with Crippen molar-refractivity contribution in [3.05, 3.63) is 21.8 Å². The van der Waals surface area contributed by atoms with Crippen molar-refractivity contribution in [3.8, 4) is 0 Å². The zero-order valence-corrected chi connectivity index (χ0v) is 26.1. The minimum absolute atomic E-state index is 0.163. The quantitative estimate of drug-likeness (QED) is 0.192. The van der Waals surface area contributed by atoms with Gasteiger partial charge in [0.05, 0.1) is 21.4 Å². The van der Waals surface area contributed by atoms with Crippen LogP contribution in [0.15, 0.2) is 0 Å². The summed E-state index contributed by atoms with van der Waals surface area (Å²) < 4.78 is 21.2. The van der Waals surface area contributed by atoms with E-state index in [9.17, 15) is 28.8 Å². The monoisotopic (exact) mass is 844 g/mol. The summed E-state index contributed by atoms with van der Waals surface area (Å²) in [5.74, 6) is -3.60. The second-order valence-electron chi connectivity index (χ2n) is 7.02. The fourth-order valence-electron chi connectivity index (χ4n) is 2.54. The molecule has 0 saturated heterocycles. The molecule has 0 heterocycles. The highest BCUT2D eigenvalue weighted by Gasteiger charge is 2.27. The van der Waals surface area contributed by atoms with E-state index in [1.165, 1.54) is 20.8 Å². The number of halogens is 3. The van der Waals surface area contributed by atoms with E-state index in [0.29, 0.717) is 16.3 Å². The normalized spacial score (nSPS) is 11.1. The Hall–Kier alpha value is -1.77. The van der Waals surface area contributed by atoms with E-state index in [4.69, 9.17) is 18.9 Å². The van der Waals surface area contributed by atoms with Crippen LogP contribution in [0.3, 0.4) is 0 Å². The highest BCUT2D eigenvalue weighted by atomic mass is 127. The van der Waals surface area contributed by atoms with Gasteiger partial charge in [0.25, 0.3) is 11.8 Å². The molecule has 1 aromatic carbocycles. The maximum Gasteiger partial charge on any atom is 0.303 e. The van der Waals surface area contributed by atoms with E-state index in [2.05, 4.69) is 10.6 Å². The van der Waals surface area contributed by atoms with Crippen LogP contribution in [0.1, 0.15) is 43.6 Å². The number of carbonyl (C=O) groups is 6. The average Bonchev–Trinajstić information content (AvgIpc) is 2.76. The Morgan fingerprint density at radius 3 is 1.89 bits per heavy atom. The molecule has 12 nitrogen and oxygen atoms in total. The fourth-order valence-corrected chi connectivity index (χ4v) is 6.78. The summed E-state index contributed by atoms with van der Waals surface area (Å²) in [5.41, 5.74) is 0.893. The lowest BCUT2D eigenvalue weighted by atomic mass is 10.1. The minimum Gasteiger partial charge on any atom is -0.462 e. The van der Waals surface area contributed by atoms with Crippen LogP contribution in [0, 0.1) is 10.7 Å². The number of hydrogen-bond acceptors (Lipinski definition) is 10. The molecule has 1 atom stereocenters. The van der Waals surface area contributed by atoms with Gasteiger partial charge in [0.15, 0.2) is 12.7 Å². The number of ether oxygens (including phenoxy) is 4. The van der Waals surface area contributed by atoms with Gasteiger partial charge in [0.1, 0.15) is 13.2 Å². The second-order valence-corrected chi connectivity index (χ2v) is 10.3. The zero-order valence-electron chi connectivity index (χ0n) is 19.6. The molecular weight excluding hydrogens is 821 g/mol. The summed E-state index contributed by atoms with van der Waals surface area (Å²) >= 11 is 5.78. The Balaban J connectivity index is 3.34. The van der Waals surface area contributed by atoms with E-state index in [-0.39, 0.29) is 31.0 Å². The van der Waals surface area contributed by atoms with Crippen molar-refractivity contribution in [2.45, 2.75) is 40.4 Å². The minimum atomic E-state index is -0.932. The topological polar surface area (TPSA) is 163 Å². The Morgan fingerprint density at radius 1 is 0.778 bits per heavy atom. The molecule has 1 rings (SSSR count). The first-order valence-corrected chi connectivity index (χ1v) is 13.3. The van der Waals surface area contributed by atoms with Crippen LogP contribution < -0.4 is 10.6 Å². The van der Waals surface area contributed by atoms with E-state index in [1.54, 1.807) is 0 Å². The summed E-state index contributed by atoms with van der Waals surface area (Å²) in [5, 5.41) is 5.26. The van der Waals surface area contributed by atoms with Crippen molar-refractivity contribution in [1.82, 2.24) is 5.32 Å². The molecule has 0 radical (unpaired) electrons. The zero-order chi connectivity index (χ0) is 27.6. The van der Waals surface area contributed by atoms with E-state index in [1.807, 2.05) is 67.8 Å². The summed E-state index contributed by atoms with van der Waals surface area (Å²) in [6, 6.07) is 0. The van der Waals surface area contributed by atoms with Gasteiger partial charge in [-0.3, -0.25) is 28.8 Å². The number of esters is 4. The maximum atomic E-state index is 13.2. The number of benzene rings is 1. The highest BCUT2D eigenvalue weighted by Crippen LogP contribution is 2.36. The van der Waals surface area contributed by atoms with Crippen LogP contribution in [-0.4, -0.2) is 61.6 Å². The van der Waals surface area contributed by atoms with Gasteiger partial charge < -0.3 is 29.6 Å². The van der Waals surface area contributed by atoms with Crippen molar-refractivity contribution in [2.24, 2.45) is 0 Å². The summed E-state index contributed by atoms with van der Waals surface area (Å²) in [6.45, 7) is 3.65. The number of amides is 2. The van der Waals surface area contributed by atoms with Crippen molar-refractivity contribution in [3.63, 3.8) is 0 Å². The first-order valence-electron chi connectivity index (χ1n) is 10.1. The van der Waals surface area contributed by atoms with E-state index in [0.717, 1.165) is 6.92 Å². The molecule has 1 unspecified atom stereocenters. The molecule has 0 aliphatic rings. The van der Waals surface area contributed by atoms with Crippen molar-refractivity contribution in [2.75, 3.05) is 25.1 Å². The molecule has 0 aliphatic heterocycles. The predicted molar refractivity (Wildman–Crippen MR) is 150 cm³/mol. The number of anilines is 1. The van der Waals surface area contributed by atoms with Gasteiger partial charge in [-0.1, -0.05) is 0 Å². The van der Waals surface area contributed by atoms with E-state index >= 15 is 0 Å².